The zero-order valence-corrected chi connectivity index (χ0v) is 20.3. The van der Waals surface area contributed by atoms with Gasteiger partial charge >= 0.3 is 0 Å². The van der Waals surface area contributed by atoms with E-state index < -0.39 is 5.91 Å². The smallest absolute Gasteiger partial charge is 0.250 e. The summed E-state index contributed by atoms with van der Waals surface area (Å²) in [5, 5.41) is 1.05. The summed E-state index contributed by atoms with van der Waals surface area (Å²) >= 11 is 2.00. The molecule has 0 bridgehead atoms. The number of aromatic nitrogens is 2. The lowest BCUT2D eigenvalue weighted by Gasteiger charge is -2.31. The second kappa shape index (κ2) is 10.4. The molecule has 7 nitrogen and oxygen atoms in total. The Hall–Kier alpha value is -2.55. The van der Waals surface area contributed by atoms with E-state index >= 15 is 0 Å². The Morgan fingerprint density at radius 3 is 2.65 bits per heavy atom. The summed E-state index contributed by atoms with van der Waals surface area (Å²) < 4.78 is 2.52. The van der Waals surface area contributed by atoms with E-state index in [-0.39, 0.29) is 0 Å². The van der Waals surface area contributed by atoms with Gasteiger partial charge in [-0.15, -0.1) is 0 Å². The molecule has 0 aliphatic carbocycles. The SMILES string of the molecule is NC(=O)c1cc(-c2ccc(C=O)[nH]2)cc2c(C3CCN(SCCCN4CCCC4)CC3)c[nH]c12. The van der Waals surface area contributed by atoms with E-state index in [2.05, 4.69) is 31.4 Å². The van der Waals surface area contributed by atoms with Crippen LogP contribution in [0.2, 0.25) is 0 Å². The van der Waals surface area contributed by atoms with Gasteiger partial charge in [-0.05, 0) is 93.0 Å². The Morgan fingerprint density at radius 2 is 1.94 bits per heavy atom. The maximum absolute atomic E-state index is 12.2. The van der Waals surface area contributed by atoms with Gasteiger partial charge in [-0.2, -0.15) is 0 Å². The molecule has 4 N–H and O–H groups in total. The van der Waals surface area contributed by atoms with Gasteiger partial charge in [-0.1, -0.05) is 11.9 Å². The minimum Gasteiger partial charge on any atom is -0.366 e. The molecular weight excluding hydrogens is 446 g/mol. The van der Waals surface area contributed by atoms with Crippen LogP contribution in [-0.4, -0.2) is 69.8 Å². The van der Waals surface area contributed by atoms with E-state index in [1.807, 2.05) is 18.0 Å². The lowest BCUT2D eigenvalue weighted by molar-refractivity contribution is 0.100. The highest BCUT2D eigenvalue weighted by Gasteiger charge is 2.25. The van der Waals surface area contributed by atoms with Crippen LogP contribution in [0.4, 0.5) is 0 Å². The van der Waals surface area contributed by atoms with E-state index in [9.17, 15) is 9.59 Å². The summed E-state index contributed by atoms with van der Waals surface area (Å²) in [5.41, 5.74) is 10.4. The third-order valence-corrected chi connectivity index (χ3v) is 8.42. The van der Waals surface area contributed by atoms with Crippen LogP contribution in [0, 0.1) is 0 Å². The number of nitrogens with zero attached hydrogens (tertiary/aromatic N) is 2. The Labute approximate surface area is 204 Å². The van der Waals surface area contributed by atoms with Gasteiger partial charge in [0.1, 0.15) is 0 Å². The van der Waals surface area contributed by atoms with E-state index in [1.165, 1.54) is 50.2 Å². The van der Waals surface area contributed by atoms with Crippen molar-refractivity contribution in [1.29, 1.82) is 0 Å². The Kier molecular flexibility index (Phi) is 7.08. The third kappa shape index (κ3) is 4.94. The summed E-state index contributed by atoms with van der Waals surface area (Å²) in [7, 11) is 0. The van der Waals surface area contributed by atoms with E-state index in [4.69, 9.17) is 5.73 Å². The maximum Gasteiger partial charge on any atom is 0.250 e. The van der Waals surface area contributed by atoms with Gasteiger partial charge in [-0.25, -0.2) is 0 Å². The predicted octanol–water partition coefficient (Wildman–Crippen LogP) is 4.39. The molecule has 8 heteroatoms. The highest BCUT2D eigenvalue weighted by atomic mass is 32.2. The van der Waals surface area contributed by atoms with Crippen molar-refractivity contribution in [3.8, 4) is 11.3 Å². The number of amides is 1. The lowest BCUT2D eigenvalue weighted by atomic mass is 9.89. The molecule has 2 saturated heterocycles. The van der Waals surface area contributed by atoms with Gasteiger partial charge in [0.15, 0.2) is 6.29 Å². The van der Waals surface area contributed by atoms with Crippen molar-refractivity contribution in [1.82, 2.24) is 19.2 Å². The topological polar surface area (TPSA) is 98.2 Å². The van der Waals surface area contributed by atoms with Gasteiger partial charge in [0, 0.05) is 36.1 Å². The molecule has 2 aliphatic heterocycles. The summed E-state index contributed by atoms with van der Waals surface area (Å²) in [6.45, 7) is 5.95. The summed E-state index contributed by atoms with van der Waals surface area (Å²) in [6.07, 6.45) is 9.02. The number of rotatable bonds is 9. The third-order valence-electron chi connectivity index (χ3n) is 7.22. The molecule has 2 fully saturated rings. The van der Waals surface area contributed by atoms with Crippen LogP contribution in [0.1, 0.15) is 64.4 Å². The molecule has 2 aliphatic rings. The Morgan fingerprint density at radius 1 is 1.15 bits per heavy atom. The first-order chi connectivity index (χ1) is 16.6. The number of hydrogen-bond donors (Lipinski definition) is 3. The molecule has 1 aromatic carbocycles. The molecule has 34 heavy (non-hydrogen) atoms. The average Bonchev–Trinajstić information content (AvgIpc) is 3.62. The summed E-state index contributed by atoms with van der Waals surface area (Å²) in [6, 6.07) is 7.51. The minimum atomic E-state index is -0.456. The molecular formula is C26H33N5O2S. The number of aromatic amines is 2. The number of carbonyl (C=O) groups excluding carboxylic acids is 2. The number of aldehydes is 1. The largest absolute Gasteiger partial charge is 0.366 e. The van der Waals surface area contributed by atoms with Gasteiger partial charge in [0.05, 0.1) is 16.8 Å². The molecule has 0 atom stereocenters. The van der Waals surface area contributed by atoms with Gasteiger partial charge in [0.2, 0.25) is 0 Å². The Bertz CT molecular complexity index is 1160. The van der Waals surface area contributed by atoms with Crippen molar-refractivity contribution < 1.29 is 9.59 Å². The van der Waals surface area contributed by atoms with Crippen molar-refractivity contribution in [2.45, 2.75) is 38.0 Å². The number of hydrogen-bond acceptors (Lipinski definition) is 5. The maximum atomic E-state index is 12.2. The van der Waals surface area contributed by atoms with E-state index in [0.717, 1.165) is 54.4 Å². The van der Waals surface area contributed by atoms with Crippen LogP contribution >= 0.6 is 11.9 Å². The normalized spacial score (nSPS) is 18.1. The fraction of sp³-hybridized carbons (Fsp3) is 0.462. The first-order valence-electron chi connectivity index (χ1n) is 12.3. The molecule has 2 aromatic heterocycles. The number of piperidine rings is 1. The van der Waals surface area contributed by atoms with Gasteiger partial charge in [0.25, 0.3) is 5.91 Å². The summed E-state index contributed by atoms with van der Waals surface area (Å²) in [5.74, 6) is 1.18. The van der Waals surface area contributed by atoms with Crippen molar-refractivity contribution >= 4 is 35.0 Å². The van der Waals surface area contributed by atoms with Crippen LogP contribution in [0.15, 0.2) is 30.5 Å². The molecule has 5 rings (SSSR count). The van der Waals surface area contributed by atoms with Crippen molar-refractivity contribution in [3.05, 3.63) is 47.3 Å². The van der Waals surface area contributed by atoms with Crippen LogP contribution in [0.5, 0.6) is 0 Å². The van der Waals surface area contributed by atoms with Crippen LogP contribution in [0.25, 0.3) is 22.2 Å². The number of nitrogens with two attached hydrogens (primary N) is 1. The first kappa shape index (κ1) is 23.2. The number of likely N-dealkylation sites (tertiary alicyclic amines) is 1. The molecule has 0 unspecified atom stereocenters. The number of benzene rings is 1. The highest BCUT2D eigenvalue weighted by Crippen LogP contribution is 2.37. The monoisotopic (exact) mass is 479 g/mol. The first-order valence-corrected chi connectivity index (χ1v) is 13.3. The van der Waals surface area contributed by atoms with Crippen LogP contribution < -0.4 is 5.73 Å². The zero-order chi connectivity index (χ0) is 23.5. The molecule has 3 aromatic rings. The molecule has 0 radical (unpaired) electrons. The lowest BCUT2D eigenvalue weighted by Crippen LogP contribution is -2.28. The van der Waals surface area contributed by atoms with Crippen LogP contribution in [-0.2, 0) is 0 Å². The standard InChI is InChI=1S/C26H33N5O2S/c27-26(33)22-15-19(24-5-4-20(17-32)29-24)14-21-23(16-28-25(21)22)18-6-11-31(12-7-18)34-13-3-10-30-8-1-2-9-30/h4-5,14-18,28-29H,1-3,6-13H2,(H2,27,33). The fourth-order valence-electron chi connectivity index (χ4n) is 5.37. The van der Waals surface area contributed by atoms with Crippen molar-refractivity contribution in [2.24, 2.45) is 5.73 Å². The molecule has 180 valence electrons. The quantitative estimate of drug-likeness (QED) is 0.240. The van der Waals surface area contributed by atoms with Crippen molar-refractivity contribution in [2.75, 3.05) is 38.5 Å². The summed E-state index contributed by atoms with van der Waals surface area (Å²) in [4.78, 5) is 32.3. The number of H-pyrrole nitrogens is 2. The number of fused-ring (bicyclic) bond motifs is 1. The molecule has 1 amide bonds. The average molecular weight is 480 g/mol. The second-order valence-corrected chi connectivity index (χ2v) is 10.6. The predicted molar refractivity (Wildman–Crippen MR) is 138 cm³/mol. The van der Waals surface area contributed by atoms with Gasteiger partial charge in [-0.3, -0.25) is 13.9 Å². The number of carbonyl (C=O) groups is 2. The molecule has 0 spiro atoms. The van der Waals surface area contributed by atoms with E-state index in [1.54, 1.807) is 12.1 Å². The van der Waals surface area contributed by atoms with Crippen LogP contribution in [0.3, 0.4) is 0 Å². The minimum absolute atomic E-state index is 0.445. The Balaban J connectivity index is 1.27. The highest BCUT2D eigenvalue weighted by molar-refractivity contribution is 7.97. The number of nitrogens with one attached hydrogen (secondary N) is 2. The van der Waals surface area contributed by atoms with E-state index in [0.29, 0.717) is 17.2 Å². The fourth-order valence-corrected chi connectivity index (χ4v) is 6.36. The second-order valence-electron chi connectivity index (χ2n) is 9.44. The zero-order valence-electron chi connectivity index (χ0n) is 19.5. The number of primary amides is 1. The molecule has 4 heterocycles. The molecule has 0 saturated carbocycles. The van der Waals surface area contributed by atoms with Gasteiger partial charge < -0.3 is 20.6 Å². The van der Waals surface area contributed by atoms with Crippen molar-refractivity contribution in [3.63, 3.8) is 0 Å².